The van der Waals surface area contributed by atoms with Crippen molar-refractivity contribution in [3.05, 3.63) is 0 Å². The molecule has 0 bridgehead atoms. The Bertz CT molecular complexity index is 69.1. The van der Waals surface area contributed by atoms with Gasteiger partial charge in [0.15, 0.2) is 0 Å². The molecule has 2 N–H and O–H groups in total. The molecule has 0 aromatic carbocycles. The fraction of sp³-hybridized carbons (Fsp3) is 1.00. The van der Waals surface area contributed by atoms with Gasteiger partial charge in [-0.1, -0.05) is 33.1 Å². The van der Waals surface area contributed by atoms with Crippen LogP contribution in [0.3, 0.4) is 0 Å². The second-order valence-corrected chi connectivity index (χ2v) is 3.17. The first-order chi connectivity index (χ1) is 4.72. The highest BCUT2D eigenvalue weighted by atomic mass is 14.6. The van der Waals surface area contributed by atoms with Crippen molar-refractivity contribution >= 4 is 0 Å². The topological polar surface area (TPSA) is 26.0 Å². The summed E-state index contributed by atoms with van der Waals surface area (Å²) in [5, 5.41) is 0. The second-order valence-electron chi connectivity index (χ2n) is 3.17. The van der Waals surface area contributed by atoms with E-state index < -0.39 is 0 Å². The zero-order chi connectivity index (χ0) is 7.98. The fourth-order valence-corrected chi connectivity index (χ4v) is 1.31. The lowest BCUT2D eigenvalue weighted by Crippen LogP contribution is -2.25. The van der Waals surface area contributed by atoms with Crippen molar-refractivity contribution in [2.45, 2.75) is 52.5 Å². The molecule has 0 aromatic heterocycles. The minimum atomic E-state index is 0.386. The normalized spacial score (nSPS) is 16.8. The summed E-state index contributed by atoms with van der Waals surface area (Å²) in [4.78, 5) is 0. The third-order valence-electron chi connectivity index (χ3n) is 2.20. The molecule has 0 spiro atoms. The summed E-state index contributed by atoms with van der Waals surface area (Å²) < 4.78 is 0. The highest BCUT2D eigenvalue weighted by molar-refractivity contribution is 4.66. The van der Waals surface area contributed by atoms with Crippen molar-refractivity contribution in [3.8, 4) is 0 Å². The first-order valence-corrected chi connectivity index (χ1v) is 4.47. The molecule has 1 heteroatoms. The highest BCUT2D eigenvalue weighted by Crippen LogP contribution is 2.14. The molecule has 0 aromatic rings. The molecule has 0 amide bonds. The van der Waals surface area contributed by atoms with Gasteiger partial charge in [0.05, 0.1) is 0 Å². The van der Waals surface area contributed by atoms with E-state index in [2.05, 4.69) is 20.8 Å². The van der Waals surface area contributed by atoms with E-state index in [1.54, 1.807) is 0 Å². The van der Waals surface area contributed by atoms with E-state index >= 15 is 0 Å². The number of hydrogen-bond acceptors (Lipinski definition) is 1. The molecule has 0 aliphatic heterocycles. The van der Waals surface area contributed by atoms with Crippen LogP contribution >= 0.6 is 0 Å². The molecule has 10 heavy (non-hydrogen) atoms. The Morgan fingerprint density at radius 2 is 1.90 bits per heavy atom. The van der Waals surface area contributed by atoms with Crippen molar-refractivity contribution in [2.24, 2.45) is 11.7 Å². The van der Waals surface area contributed by atoms with Crippen molar-refractivity contribution in [2.75, 3.05) is 0 Å². The third-order valence-corrected chi connectivity index (χ3v) is 2.20. The molecule has 0 radical (unpaired) electrons. The summed E-state index contributed by atoms with van der Waals surface area (Å²) >= 11 is 0. The van der Waals surface area contributed by atoms with E-state index in [9.17, 15) is 0 Å². The predicted octanol–water partition coefficient (Wildman–Crippen LogP) is 2.55. The molecule has 62 valence electrons. The van der Waals surface area contributed by atoms with E-state index in [1.165, 1.54) is 25.7 Å². The van der Waals surface area contributed by atoms with Crippen molar-refractivity contribution in [1.29, 1.82) is 0 Å². The fourth-order valence-electron chi connectivity index (χ4n) is 1.31. The van der Waals surface area contributed by atoms with Gasteiger partial charge in [-0.15, -0.1) is 0 Å². The van der Waals surface area contributed by atoms with Crippen LogP contribution in [0.1, 0.15) is 46.5 Å². The summed E-state index contributed by atoms with van der Waals surface area (Å²) in [7, 11) is 0. The largest absolute Gasteiger partial charge is 0.328 e. The van der Waals surface area contributed by atoms with Crippen LogP contribution in [0.15, 0.2) is 0 Å². The Labute approximate surface area is 65.0 Å². The van der Waals surface area contributed by atoms with E-state index in [0.29, 0.717) is 6.04 Å². The lowest BCUT2D eigenvalue weighted by molar-refractivity contribution is 0.389. The molecular formula is C9H21N. The minimum Gasteiger partial charge on any atom is -0.328 e. The maximum atomic E-state index is 5.79. The molecule has 0 aliphatic rings. The maximum absolute atomic E-state index is 5.79. The first kappa shape index (κ1) is 9.96. The zero-order valence-electron chi connectivity index (χ0n) is 7.56. The molecule has 0 fully saturated rings. The molecule has 2 atom stereocenters. The lowest BCUT2D eigenvalue weighted by atomic mass is 9.93. The molecule has 0 rings (SSSR count). The SMILES string of the molecule is CCCCC(CC)[C@@H](C)N. The van der Waals surface area contributed by atoms with Crippen LogP contribution in [0.25, 0.3) is 0 Å². The van der Waals surface area contributed by atoms with Gasteiger partial charge >= 0.3 is 0 Å². The van der Waals surface area contributed by atoms with E-state index in [0.717, 1.165) is 5.92 Å². The lowest BCUT2D eigenvalue weighted by Gasteiger charge is -2.17. The molecule has 0 heterocycles. The number of hydrogen-bond donors (Lipinski definition) is 1. The van der Waals surface area contributed by atoms with E-state index in [4.69, 9.17) is 5.73 Å². The monoisotopic (exact) mass is 143 g/mol. The minimum absolute atomic E-state index is 0.386. The van der Waals surface area contributed by atoms with E-state index in [1.807, 2.05) is 0 Å². The van der Waals surface area contributed by atoms with Crippen LogP contribution in [-0.4, -0.2) is 6.04 Å². The van der Waals surface area contributed by atoms with Gasteiger partial charge in [0, 0.05) is 6.04 Å². The summed E-state index contributed by atoms with van der Waals surface area (Å²) in [6, 6.07) is 0.386. The average molecular weight is 143 g/mol. The van der Waals surface area contributed by atoms with Gasteiger partial charge in [-0.3, -0.25) is 0 Å². The van der Waals surface area contributed by atoms with E-state index in [-0.39, 0.29) is 0 Å². The van der Waals surface area contributed by atoms with Gasteiger partial charge in [-0.25, -0.2) is 0 Å². The summed E-state index contributed by atoms with van der Waals surface area (Å²) in [5.41, 5.74) is 5.79. The molecular weight excluding hydrogens is 122 g/mol. The van der Waals surface area contributed by atoms with Gasteiger partial charge in [0.25, 0.3) is 0 Å². The smallest absolute Gasteiger partial charge is 0.00386 e. The van der Waals surface area contributed by atoms with Gasteiger partial charge in [0.2, 0.25) is 0 Å². The first-order valence-electron chi connectivity index (χ1n) is 4.47. The van der Waals surface area contributed by atoms with Gasteiger partial charge in [-0.05, 0) is 19.3 Å². The Balaban J connectivity index is 3.40. The van der Waals surface area contributed by atoms with Gasteiger partial charge < -0.3 is 5.73 Å². The Morgan fingerprint density at radius 1 is 1.30 bits per heavy atom. The number of unbranched alkanes of at least 4 members (excludes halogenated alkanes) is 1. The van der Waals surface area contributed by atoms with Crippen molar-refractivity contribution in [3.63, 3.8) is 0 Å². The van der Waals surface area contributed by atoms with Crippen LogP contribution in [0.5, 0.6) is 0 Å². The van der Waals surface area contributed by atoms with Crippen molar-refractivity contribution in [1.82, 2.24) is 0 Å². The Morgan fingerprint density at radius 3 is 2.20 bits per heavy atom. The van der Waals surface area contributed by atoms with Crippen molar-refractivity contribution < 1.29 is 0 Å². The van der Waals surface area contributed by atoms with Gasteiger partial charge in [0.1, 0.15) is 0 Å². The van der Waals surface area contributed by atoms with Crippen LogP contribution in [0, 0.1) is 5.92 Å². The molecule has 1 unspecified atom stereocenters. The zero-order valence-corrected chi connectivity index (χ0v) is 7.56. The Hall–Kier alpha value is -0.0400. The molecule has 0 aliphatic carbocycles. The van der Waals surface area contributed by atoms with Crippen LogP contribution in [0.4, 0.5) is 0 Å². The average Bonchev–Trinajstić information content (AvgIpc) is 1.89. The highest BCUT2D eigenvalue weighted by Gasteiger charge is 2.09. The quantitative estimate of drug-likeness (QED) is 0.629. The summed E-state index contributed by atoms with van der Waals surface area (Å²) in [5.74, 6) is 0.750. The number of rotatable bonds is 5. The second kappa shape index (κ2) is 5.72. The summed E-state index contributed by atoms with van der Waals surface area (Å²) in [6.07, 6.45) is 5.17. The molecule has 0 saturated heterocycles. The number of nitrogens with two attached hydrogens (primary N) is 1. The predicted molar refractivity (Wildman–Crippen MR) is 47.0 cm³/mol. The molecule has 1 nitrogen and oxygen atoms in total. The van der Waals surface area contributed by atoms with Crippen LogP contribution in [0.2, 0.25) is 0 Å². The van der Waals surface area contributed by atoms with Crippen LogP contribution in [-0.2, 0) is 0 Å². The van der Waals surface area contributed by atoms with Gasteiger partial charge in [-0.2, -0.15) is 0 Å². The van der Waals surface area contributed by atoms with Crippen LogP contribution < -0.4 is 5.73 Å². The summed E-state index contributed by atoms with van der Waals surface area (Å²) in [6.45, 7) is 6.57. The standard InChI is InChI=1S/C9H21N/c1-4-6-7-9(5-2)8(3)10/h8-9H,4-7,10H2,1-3H3/t8-,9?/m1/s1. The Kier molecular flexibility index (Phi) is 5.70. The maximum Gasteiger partial charge on any atom is 0.00386 e. The molecule has 0 saturated carbocycles. The third kappa shape index (κ3) is 3.89.